The average Bonchev–Trinajstić information content (AvgIpc) is 2.72. The molecule has 0 aliphatic carbocycles. The standard InChI is InChI=1S/C21H22N4O3/c1-15-14-19(25-21(23-15)24-16-6-4-3-5-7-16)20(26)22-12-13-28-18-10-8-17(27-2)9-11-18/h3-11,14H,12-13H2,1-2H3,(H,22,26)(H,23,24,25). The van der Waals surface area contributed by atoms with E-state index < -0.39 is 0 Å². The van der Waals surface area contributed by atoms with Crippen molar-refractivity contribution in [3.63, 3.8) is 0 Å². The molecule has 0 saturated heterocycles. The van der Waals surface area contributed by atoms with Crippen LogP contribution in [0.4, 0.5) is 11.6 Å². The van der Waals surface area contributed by atoms with E-state index in [1.165, 1.54) is 0 Å². The van der Waals surface area contributed by atoms with Crippen LogP contribution in [0.3, 0.4) is 0 Å². The molecule has 3 aromatic rings. The number of rotatable bonds is 8. The minimum absolute atomic E-state index is 0.278. The Morgan fingerprint density at radius 3 is 2.43 bits per heavy atom. The summed E-state index contributed by atoms with van der Waals surface area (Å²) in [6.07, 6.45) is 0. The smallest absolute Gasteiger partial charge is 0.270 e. The van der Waals surface area contributed by atoms with Crippen LogP contribution >= 0.6 is 0 Å². The second-order valence-corrected chi connectivity index (χ2v) is 5.99. The molecular formula is C21H22N4O3. The van der Waals surface area contributed by atoms with Crippen molar-refractivity contribution in [2.75, 3.05) is 25.6 Å². The first-order valence-electron chi connectivity index (χ1n) is 8.87. The van der Waals surface area contributed by atoms with E-state index in [-0.39, 0.29) is 5.91 Å². The predicted molar refractivity (Wildman–Crippen MR) is 107 cm³/mol. The SMILES string of the molecule is COc1ccc(OCCNC(=O)c2cc(C)nc(Nc3ccccc3)n2)cc1. The van der Waals surface area contributed by atoms with Crippen molar-refractivity contribution in [1.82, 2.24) is 15.3 Å². The summed E-state index contributed by atoms with van der Waals surface area (Å²) in [7, 11) is 1.61. The van der Waals surface area contributed by atoms with Crippen LogP contribution in [-0.2, 0) is 0 Å². The molecule has 1 amide bonds. The molecular weight excluding hydrogens is 356 g/mol. The van der Waals surface area contributed by atoms with Crippen LogP contribution in [0.15, 0.2) is 60.7 Å². The van der Waals surface area contributed by atoms with Crippen LogP contribution in [0, 0.1) is 6.92 Å². The maximum Gasteiger partial charge on any atom is 0.270 e. The lowest BCUT2D eigenvalue weighted by Crippen LogP contribution is -2.29. The number of hydrogen-bond donors (Lipinski definition) is 2. The van der Waals surface area contributed by atoms with Gasteiger partial charge < -0.3 is 20.1 Å². The Kier molecular flexibility index (Phi) is 6.41. The molecule has 28 heavy (non-hydrogen) atoms. The molecule has 0 aliphatic heterocycles. The van der Waals surface area contributed by atoms with Crippen molar-refractivity contribution in [2.45, 2.75) is 6.92 Å². The molecule has 7 nitrogen and oxygen atoms in total. The zero-order valence-electron chi connectivity index (χ0n) is 15.8. The number of aromatic nitrogens is 2. The number of carbonyl (C=O) groups excluding carboxylic acids is 1. The minimum Gasteiger partial charge on any atom is -0.497 e. The van der Waals surface area contributed by atoms with Crippen molar-refractivity contribution in [3.8, 4) is 11.5 Å². The van der Waals surface area contributed by atoms with E-state index in [4.69, 9.17) is 9.47 Å². The largest absolute Gasteiger partial charge is 0.497 e. The molecule has 2 aromatic carbocycles. The van der Waals surface area contributed by atoms with Crippen molar-refractivity contribution in [2.24, 2.45) is 0 Å². The summed E-state index contributed by atoms with van der Waals surface area (Å²) in [5.74, 6) is 1.58. The fourth-order valence-electron chi connectivity index (χ4n) is 2.49. The number of para-hydroxylation sites is 1. The van der Waals surface area contributed by atoms with Gasteiger partial charge in [0.05, 0.1) is 13.7 Å². The monoisotopic (exact) mass is 378 g/mol. The van der Waals surface area contributed by atoms with Crippen LogP contribution in [0.25, 0.3) is 0 Å². The molecule has 3 rings (SSSR count). The number of nitrogens with zero attached hydrogens (tertiary/aromatic N) is 2. The van der Waals surface area contributed by atoms with E-state index in [1.54, 1.807) is 13.2 Å². The topological polar surface area (TPSA) is 85.4 Å². The Balaban J connectivity index is 1.53. The van der Waals surface area contributed by atoms with Crippen molar-refractivity contribution in [1.29, 1.82) is 0 Å². The number of carbonyl (C=O) groups is 1. The Bertz CT molecular complexity index is 915. The van der Waals surface area contributed by atoms with Gasteiger partial charge in [-0.15, -0.1) is 0 Å². The first-order valence-corrected chi connectivity index (χ1v) is 8.87. The van der Waals surface area contributed by atoms with E-state index >= 15 is 0 Å². The maximum absolute atomic E-state index is 12.4. The number of anilines is 2. The summed E-state index contributed by atoms with van der Waals surface area (Å²) in [4.78, 5) is 21.0. The first kappa shape index (κ1) is 19.2. The number of benzene rings is 2. The van der Waals surface area contributed by atoms with Crippen LogP contribution < -0.4 is 20.1 Å². The molecule has 0 bridgehead atoms. The second kappa shape index (κ2) is 9.36. The molecule has 0 aliphatic rings. The summed E-state index contributed by atoms with van der Waals surface area (Å²) in [5.41, 5.74) is 1.86. The summed E-state index contributed by atoms with van der Waals surface area (Å²) < 4.78 is 10.7. The van der Waals surface area contributed by atoms with Gasteiger partial charge in [-0.2, -0.15) is 0 Å². The third kappa shape index (κ3) is 5.44. The fraction of sp³-hybridized carbons (Fsp3) is 0.190. The van der Waals surface area contributed by atoms with Crippen LogP contribution in [0.2, 0.25) is 0 Å². The average molecular weight is 378 g/mol. The third-order valence-corrected chi connectivity index (χ3v) is 3.83. The van der Waals surface area contributed by atoms with Crippen LogP contribution in [0.5, 0.6) is 11.5 Å². The Hall–Kier alpha value is -3.61. The van der Waals surface area contributed by atoms with Gasteiger partial charge in [0, 0.05) is 11.4 Å². The molecule has 0 unspecified atom stereocenters. The second-order valence-electron chi connectivity index (χ2n) is 5.99. The number of ether oxygens (including phenoxy) is 2. The molecule has 144 valence electrons. The Morgan fingerprint density at radius 1 is 1.00 bits per heavy atom. The van der Waals surface area contributed by atoms with Gasteiger partial charge in [0.15, 0.2) is 0 Å². The van der Waals surface area contributed by atoms with E-state index in [0.717, 1.165) is 11.4 Å². The number of amides is 1. The Morgan fingerprint density at radius 2 is 1.71 bits per heavy atom. The lowest BCUT2D eigenvalue weighted by Gasteiger charge is -2.10. The van der Waals surface area contributed by atoms with Gasteiger partial charge in [-0.3, -0.25) is 4.79 Å². The highest BCUT2D eigenvalue weighted by Crippen LogP contribution is 2.17. The number of methoxy groups -OCH3 is 1. The predicted octanol–water partition coefficient (Wildman–Crippen LogP) is 3.35. The lowest BCUT2D eigenvalue weighted by molar-refractivity contribution is 0.0942. The van der Waals surface area contributed by atoms with E-state index in [9.17, 15) is 4.79 Å². The van der Waals surface area contributed by atoms with Crippen LogP contribution in [-0.4, -0.2) is 36.1 Å². The number of hydrogen-bond acceptors (Lipinski definition) is 6. The van der Waals surface area contributed by atoms with E-state index in [0.29, 0.717) is 36.2 Å². The van der Waals surface area contributed by atoms with Gasteiger partial charge >= 0.3 is 0 Å². The molecule has 1 heterocycles. The van der Waals surface area contributed by atoms with Gasteiger partial charge in [-0.05, 0) is 49.4 Å². The van der Waals surface area contributed by atoms with E-state index in [1.807, 2.05) is 61.5 Å². The van der Waals surface area contributed by atoms with Crippen LogP contribution in [0.1, 0.15) is 16.2 Å². The van der Waals surface area contributed by atoms with Gasteiger partial charge in [-0.25, -0.2) is 9.97 Å². The summed E-state index contributed by atoms with van der Waals surface area (Å²) in [6.45, 7) is 2.52. The summed E-state index contributed by atoms with van der Waals surface area (Å²) in [5, 5.41) is 5.90. The van der Waals surface area contributed by atoms with Gasteiger partial charge in [0.2, 0.25) is 5.95 Å². The van der Waals surface area contributed by atoms with Gasteiger partial charge in [0.1, 0.15) is 23.8 Å². The molecule has 7 heteroatoms. The molecule has 1 aromatic heterocycles. The van der Waals surface area contributed by atoms with Crippen molar-refractivity contribution in [3.05, 3.63) is 72.1 Å². The van der Waals surface area contributed by atoms with E-state index in [2.05, 4.69) is 20.6 Å². The highest BCUT2D eigenvalue weighted by molar-refractivity contribution is 5.92. The van der Waals surface area contributed by atoms with Gasteiger partial charge in [-0.1, -0.05) is 18.2 Å². The lowest BCUT2D eigenvalue weighted by atomic mass is 10.3. The highest BCUT2D eigenvalue weighted by atomic mass is 16.5. The fourth-order valence-corrected chi connectivity index (χ4v) is 2.49. The molecule has 2 N–H and O–H groups in total. The zero-order chi connectivity index (χ0) is 19.8. The zero-order valence-corrected chi connectivity index (χ0v) is 15.8. The van der Waals surface area contributed by atoms with Gasteiger partial charge in [0.25, 0.3) is 5.91 Å². The normalized spacial score (nSPS) is 10.2. The summed E-state index contributed by atoms with van der Waals surface area (Å²) in [6, 6.07) is 18.5. The molecule has 0 spiro atoms. The summed E-state index contributed by atoms with van der Waals surface area (Å²) >= 11 is 0. The molecule has 0 radical (unpaired) electrons. The quantitative estimate of drug-likeness (QED) is 0.585. The number of aryl methyl sites for hydroxylation is 1. The molecule has 0 fully saturated rings. The minimum atomic E-state index is -0.278. The maximum atomic E-state index is 12.4. The Labute approximate surface area is 163 Å². The third-order valence-electron chi connectivity index (χ3n) is 3.83. The number of nitrogens with one attached hydrogen (secondary N) is 2. The molecule has 0 atom stereocenters. The highest BCUT2D eigenvalue weighted by Gasteiger charge is 2.10. The van der Waals surface area contributed by atoms with Crippen molar-refractivity contribution >= 4 is 17.5 Å². The van der Waals surface area contributed by atoms with Crippen molar-refractivity contribution < 1.29 is 14.3 Å². The molecule has 0 saturated carbocycles. The first-order chi connectivity index (χ1) is 13.6.